The fourth-order valence-electron chi connectivity index (χ4n) is 3.56. The molecule has 6 nitrogen and oxygen atoms in total. The number of sulfonamides is 1. The minimum Gasteiger partial charge on any atom is -0.444 e. The van der Waals surface area contributed by atoms with Crippen LogP contribution in [-0.2, 0) is 21.2 Å². The molecular weight excluding hydrogens is 407 g/mol. The van der Waals surface area contributed by atoms with E-state index in [1.165, 1.54) is 18.2 Å². The van der Waals surface area contributed by atoms with Crippen molar-refractivity contribution >= 4 is 21.8 Å². The summed E-state index contributed by atoms with van der Waals surface area (Å²) in [5.41, 5.74) is 2.00. The minimum atomic E-state index is -3.88. The molecule has 2 aromatic rings. The van der Waals surface area contributed by atoms with E-state index in [4.69, 9.17) is 4.74 Å². The third-order valence-electron chi connectivity index (χ3n) is 4.83. The lowest BCUT2D eigenvalue weighted by atomic mass is 9.82. The number of hydrogen-bond donors (Lipinski definition) is 2. The number of alkyl carbamates (subject to hydrolysis) is 1. The number of carbonyl (C=O) groups is 1. The summed E-state index contributed by atoms with van der Waals surface area (Å²) in [5.74, 6) is -0.473. The Kier molecular flexibility index (Phi) is 6.36. The fourth-order valence-corrected chi connectivity index (χ4v) is 4.64. The number of ether oxygens (including phenoxy) is 1. The van der Waals surface area contributed by atoms with Crippen LogP contribution in [-0.4, -0.2) is 26.7 Å². The predicted octanol–water partition coefficient (Wildman–Crippen LogP) is 4.57. The van der Waals surface area contributed by atoms with Crippen molar-refractivity contribution in [2.75, 3.05) is 11.3 Å². The van der Waals surface area contributed by atoms with Crippen LogP contribution >= 0.6 is 0 Å². The number of fused-ring (bicyclic) bond motifs is 1. The van der Waals surface area contributed by atoms with Crippen molar-refractivity contribution in [3.8, 4) is 0 Å². The van der Waals surface area contributed by atoms with Gasteiger partial charge in [-0.15, -0.1) is 0 Å². The summed E-state index contributed by atoms with van der Waals surface area (Å²) in [6.45, 7) is 5.90. The Morgan fingerprint density at radius 1 is 1.20 bits per heavy atom. The van der Waals surface area contributed by atoms with Gasteiger partial charge in [-0.05, 0) is 81.5 Å². The molecule has 162 valence electrons. The third-order valence-corrected chi connectivity index (χ3v) is 6.21. The average Bonchev–Trinajstić information content (AvgIpc) is 2.64. The van der Waals surface area contributed by atoms with Gasteiger partial charge in [-0.3, -0.25) is 4.72 Å². The Morgan fingerprint density at radius 3 is 2.67 bits per heavy atom. The molecule has 2 aromatic carbocycles. The van der Waals surface area contributed by atoms with E-state index in [0.717, 1.165) is 36.5 Å². The van der Waals surface area contributed by atoms with E-state index < -0.39 is 27.5 Å². The molecule has 1 amide bonds. The van der Waals surface area contributed by atoms with Crippen LogP contribution < -0.4 is 10.0 Å². The molecule has 1 atom stereocenters. The zero-order chi connectivity index (χ0) is 21.9. The summed E-state index contributed by atoms with van der Waals surface area (Å²) in [7, 11) is -3.88. The maximum Gasteiger partial charge on any atom is 0.407 e. The molecule has 8 heteroatoms. The maximum absolute atomic E-state index is 13.4. The highest BCUT2D eigenvalue weighted by Gasteiger charge is 2.23. The first kappa shape index (κ1) is 22.1. The normalized spacial score (nSPS) is 16.5. The van der Waals surface area contributed by atoms with Crippen molar-refractivity contribution in [2.24, 2.45) is 0 Å². The van der Waals surface area contributed by atoms with Gasteiger partial charge in [0, 0.05) is 18.2 Å². The quantitative estimate of drug-likeness (QED) is 0.722. The Balaban J connectivity index is 1.71. The zero-order valence-corrected chi connectivity index (χ0v) is 18.2. The van der Waals surface area contributed by atoms with Crippen LogP contribution in [0.25, 0.3) is 0 Å². The molecule has 0 saturated heterocycles. The number of aryl methyl sites for hydroxylation is 1. The van der Waals surface area contributed by atoms with Crippen molar-refractivity contribution in [3.05, 3.63) is 59.4 Å². The first-order chi connectivity index (χ1) is 14.0. The van der Waals surface area contributed by atoms with Crippen LogP contribution in [0.4, 0.5) is 14.9 Å². The lowest BCUT2D eigenvalue weighted by Gasteiger charge is -2.27. The van der Waals surface area contributed by atoms with Gasteiger partial charge in [0.05, 0.1) is 4.90 Å². The predicted molar refractivity (Wildman–Crippen MR) is 114 cm³/mol. The number of benzene rings is 2. The summed E-state index contributed by atoms with van der Waals surface area (Å²) in [5, 5.41) is 2.82. The average molecular weight is 435 g/mol. The molecule has 3 rings (SSSR count). The molecule has 1 aliphatic carbocycles. The molecule has 0 aromatic heterocycles. The molecule has 0 radical (unpaired) electrons. The Labute approximate surface area is 176 Å². The van der Waals surface area contributed by atoms with Crippen LogP contribution in [0.1, 0.15) is 50.7 Å². The number of hydrogen-bond acceptors (Lipinski definition) is 4. The first-order valence-corrected chi connectivity index (χ1v) is 11.4. The van der Waals surface area contributed by atoms with E-state index in [9.17, 15) is 17.6 Å². The van der Waals surface area contributed by atoms with Crippen molar-refractivity contribution in [2.45, 2.75) is 56.4 Å². The van der Waals surface area contributed by atoms with E-state index in [2.05, 4.69) is 10.0 Å². The topological polar surface area (TPSA) is 84.5 Å². The van der Waals surface area contributed by atoms with Crippen LogP contribution in [0.3, 0.4) is 0 Å². The summed E-state index contributed by atoms with van der Waals surface area (Å²) in [6, 6.07) is 10.3. The van der Waals surface area contributed by atoms with Crippen molar-refractivity contribution in [1.82, 2.24) is 5.32 Å². The molecule has 0 fully saturated rings. The van der Waals surface area contributed by atoms with Gasteiger partial charge in [-0.1, -0.05) is 12.1 Å². The Bertz CT molecular complexity index is 1030. The summed E-state index contributed by atoms with van der Waals surface area (Å²) < 4.78 is 46.3. The van der Waals surface area contributed by atoms with E-state index in [1.54, 1.807) is 6.07 Å². The van der Waals surface area contributed by atoms with Gasteiger partial charge in [0.1, 0.15) is 11.4 Å². The third kappa shape index (κ3) is 5.72. The molecule has 30 heavy (non-hydrogen) atoms. The van der Waals surface area contributed by atoms with Gasteiger partial charge in [0.2, 0.25) is 0 Å². The molecular formula is C22H27FN2O4S. The summed E-state index contributed by atoms with van der Waals surface area (Å²) >= 11 is 0. The lowest BCUT2D eigenvalue weighted by Crippen LogP contribution is -2.35. The first-order valence-electron chi connectivity index (χ1n) is 9.91. The van der Waals surface area contributed by atoms with Gasteiger partial charge >= 0.3 is 6.09 Å². The molecule has 1 aliphatic rings. The van der Waals surface area contributed by atoms with Gasteiger partial charge in [-0.2, -0.15) is 0 Å². The standard InChI is InChI=1S/C22H27FN2O4S/c1-22(2,3)29-21(26)24-14-16-7-4-6-15-12-18(10-11-20(15)16)25-30(27,28)19-9-5-8-17(23)13-19/h5,8-13,16,25H,4,6-7,14H2,1-3H3,(H,24,26). The maximum atomic E-state index is 13.4. The van der Waals surface area contributed by atoms with Crippen molar-refractivity contribution < 1.29 is 22.3 Å². The smallest absolute Gasteiger partial charge is 0.407 e. The molecule has 0 heterocycles. The van der Waals surface area contributed by atoms with E-state index in [1.807, 2.05) is 32.9 Å². The van der Waals surface area contributed by atoms with Crippen LogP contribution in [0.5, 0.6) is 0 Å². The van der Waals surface area contributed by atoms with Gasteiger partial charge in [-0.25, -0.2) is 17.6 Å². The highest BCUT2D eigenvalue weighted by Crippen LogP contribution is 2.33. The number of carbonyl (C=O) groups excluding carboxylic acids is 1. The number of amides is 1. The van der Waals surface area contributed by atoms with E-state index in [-0.39, 0.29) is 10.8 Å². The zero-order valence-electron chi connectivity index (χ0n) is 17.4. The largest absolute Gasteiger partial charge is 0.444 e. The highest BCUT2D eigenvalue weighted by atomic mass is 32.2. The van der Waals surface area contributed by atoms with Gasteiger partial charge < -0.3 is 10.1 Å². The number of rotatable bonds is 5. The second-order valence-corrected chi connectivity index (χ2v) is 10.1. The Morgan fingerprint density at radius 2 is 1.97 bits per heavy atom. The lowest BCUT2D eigenvalue weighted by molar-refractivity contribution is 0.0523. The van der Waals surface area contributed by atoms with Crippen molar-refractivity contribution in [3.63, 3.8) is 0 Å². The summed E-state index contributed by atoms with van der Waals surface area (Å²) in [4.78, 5) is 11.8. The molecule has 0 bridgehead atoms. The molecule has 0 aliphatic heterocycles. The van der Waals surface area contributed by atoms with Gasteiger partial charge in [0.25, 0.3) is 10.0 Å². The van der Waals surface area contributed by atoms with E-state index in [0.29, 0.717) is 12.2 Å². The van der Waals surface area contributed by atoms with Gasteiger partial charge in [0.15, 0.2) is 0 Å². The van der Waals surface area contributed by atoms with Crippen molar-refractivity contribution in [1.29, 1.82) is 0 Å². The molecule has 0 spiro atoms. The number of anilines is 1. The highest BCUT2D eigenvalue weighted by molar-refractivity contribution is 7.92. The number of halogens is 1. The number of nitrogens with one attached hydrogen (secondary N) is 2. The Hall–Kier alpha value is -2.61. The van der Waals surface area contributed by atoms with Crippen LogP contribution in [0.2, 0.25) is 0 Å². The minimum absolute atomic E-state index is 0.125. The SMILES string of the molecule is CC(C)(C)OC(=O)NCC1CCCc2cc(NS(=O)(=O)c3cccc(F)c3)ccc21. The molecule has 2 N–H and O–H groups in total. The molecule has 1 unspecified atom stereocenters. The second-order valence-electron chi connectivity index (χ2n) is 8.45. The molecule has 0 saturated carbocycles. The summed E-state index contributed by atoms with van der Waals surface area (Å²) in [6.07, 6.45) is 2.24. The fraction of sp³-hybridized carbons (Fsp3) is 0.409. The second kappa shape index (κ2) is 8.63. The van der Waals surface area contributed by atoms with Crippen LogP contribution in [0.15, 0.2) is 47.4 Å². The van der Waals surface area contributed by atoms with E-state index >= 15 is 0 Å². The van der Waals surface area contributed by atoms with Crippen LogP contribution in [0, 0.1) is 5.82 Å². The monoisotopic (exact) mass is 434 g/mol.